The summed E-state index contributed by atoms with van der Waals surface area (Å²) in [6.07, 6.45) is 3.23. The highest BCUT2D eigenvalue weighted by Crippen LogP contribution is 2.19. The third kappa shape index (κ3) is 2.78. The van der Waals surface area contributed by atoms with Crippen LogP contribution in [-0.2, 0) is 0 Å². The molecule has 0 N–H and O–H groups in total. The van der Waals surface area contributed by atoms with Crippen LogP contribution in [0, 0.1) is 0 Å². The molecule has 0 radical (unpaired) electrons. The molecule has 0 atom stereocenters. The fourth-order valence-corrected chi connectivity index (χ4v) is 1.56. The Balaban J connectivity index is 2.62. The Morgan fingerprint density at radius 3 is 1.75 bits per heavy atom. The summed E-state index contributed by atoms with van der Waals surface area (Å²) < 4.78 is 0. The third-order valence-corrected chi connectivity index (χ3v) is 2.73. The lowest BCUT2D eigenvalue weighted by atomic mass is 10.2. The van der Waals surface area contributed by atoms with Gasteiger partial charge in [0.25, 0.3) is 0 Å². The van der Waals surface area contributed by atoms with Gasteiger partial charge in [-0.3, -0.25) is 0 Å². The Morgan fingerprint density at radius 1 is 0.800 bits per heavy atom. The van der Waals surface area contributed by atoms with Crippen LogP contribution in [0.3, 0.4) is 0 Å². The average Bonchev–Trinajstić information content (AvgIpc) is 2.53. The largest absolute Gasteiger partial charge is 0.208 e. The van der Waals surface area contributed by atoms with Crippen molar-refractivity contribution in [2.24, 2.45) is 0 Å². The van der Waals surface area contributed by atoms with E-state index in [1.165, 1.54) is 0 Å². The highest BCUT2D eigenvalue weighted by molar-refractivity contribution is 5.72. The first-order valence-corrected chi connectivity index (χ1v) is 6.10. The maximum atomic E-state index is 4.42. The summed E-state index contributed by atoms with van der Waals surface area (Å²) in [6.45, 7) is 15.1. The number of allylic oxidation sites excluding steroid dienone is 4. The zero-order valence-corrected chi connectivity index (χ0v) is 11.2. The maximum absolute atomic E-state index is 4.42. The number of hydrogen-bond acceptors (Lipinski definition) is 3. The zero-order valence-electron chi connectivity index (χ0n) is 11.2. The minimum Gasteiger partial charge on any atom is -0.208 e. The van der Waals surface area contributed by atoms with Crippen molar-refractivity contribution < 1.29 is 0 Å². The molecule has 0 amide bonds. The van der Waals surface area contributed by atoms with Crippen LogP contribution in [0.15, 0.2) is 68.8 Å². The van der Waals surface area contributed by atoms with Gasteiger partial charge in [0, 0.05) is 16.7 Å². The van der Waals surface area contributed by atoms with E-state index in [2.05, 4.69) is 41.3 Å². The molecule has 20 heavy (non-hydrogen) atoms. The molecule has 98 valence electrons. The zero-order chi connectivity index (χ0) is 14.5. The molecule has 0 aliphatic carbocycles. The molecule has 0 bridgehead atoms. The molecular weight excluding hydrogens is 246 g/mol. The molecule has 2 aromatic rings. The molecule has 3 heteroatoms. The summed E-state index contributed by atoms with van der Waals surface area (Å²) in [7, 11) is 0. The minimum absolute atomic E-state index is 0.492. The summed E-state index contributed by atoms with van der Waals surface area (Å²) in [6, 6.07) is 9.69. The monoisotopic (exact) mass is 261 g/mol. The molecule has 1 heterocycles. The Bertz CT molecular complexity index is 646. The molecule has 0 fully saturated rings. The van der Waals surface area contributed by atoms with Crippen molar-refractivity contribution in [2.75, 3.05) is 0 Å². The number of benzene rings is 1. The van der Waals surface area contributed by atoms with Crippen LogP contribution in [0.4, 0.5) is 0 Å². The molecule has 0 aliphatic rings. The molecule has 3 nitrogen and oxygen atoms in total. The molecule has 0 saturated heterocycles. The van der Waals surface area contributed by atoms with E-state index in [1.807, 2.05) is 30.3 Å². The Morgan fingerprint density at radius 2 is 1.30 bits per heavy atom. The van der Waals surface area contributed by atoms with Gasteiger partial charge in [-0.05, 0) is 0 Å². The van der Waals surface area contributed by atoms with E-state index in [1.54, 1.807) is 12.2 Å². The molecule has 0 spiro atoms. The van der Waals surface area contributed by atoms with E-state index in [4.69, 9.17) is 0 Å². The first-order valence-electron chi connectivity index (χ1n) is 6.10. The lowest BCUT2D eigenvalue weighted by molar-refractivity contribution is 1.00. The van der Waals surface area contributed by atoms with Crippen molar-refractivity contribution in [3.8, 4) is 11.4 Å². The highest BCUT2D eigenvalue weighted by atomic mass is 15.0. The van der Waals surface area contributed by atoms with Gasteiger partial charge in [0.05, 0.1) is 0 Å². The second kappa shape index (κ2) is 5.89. The van der Waals surface area contributed by atoms with E-state index in [9.17, 15) is 0 Å². The third-order valence-electron chi connectivity index (χ3n) is 2.73. The SMILES string of the molecule is C=CC(=C)c1nc(C(=C)C=C)nc(-c2ccccc2)n1. The number of aromatic nitrogens is 3. The van der Waals surface area contributed by atoms with Gasteiger partial charge < -0.3 is 0 Å². The van der Waals surface area contributed by atoms with Gasteiger partial charge in [-0.25, -0.2) is 15.0 Å². The van der Waals surface area contributed by atoms with Crippen LogP contribution < -0.4 is 0 Å². The Hall–Kier alpha value is -2.81. The van der Waals surface area contributed by atoms with Crippen LogP contribution in [0.25, 0.3) is 22.5 Å². The summed E-state index contributed by atoms with van der Waals surface area (Å²) in [5, 5.41) is 0. The lowest BCUT2D eigenvalue weighted by Gasteiger charge is -2.07. The van der Waals surface area contributed by atoms with Crippen molar-refractivity contribution in [3.63, 3.8) is 0 Å². The fourth-order valence-electron chi connectivity index (χ4n) is 1.56. The van der Waals surface area contributed by atoms with Crippen LogP contribution in [-0.4, -0.2) is 15.0 Å². The first kappa shape index (κ1) is 13.6. The molecule has 0 unspecified atom stereocenters. The van der Waals surface area contributed by atoms with Crippen molar-refractivity contribution in [1.29, 1.82) is 0 Å². The second-order valence-electron chi connectivity index (χ2n) is 4.13. The van der Waals surface area contributed by atoms with Crippen LogP contribution in [0.5, 0.6) is 0 Å². The Kier molecular flexibility index (Phi) is 4.01. The van der Waals surface area contributed by atoms with Crippen molar-refractivity contribution >= 4 is 11.1 Å². The summed E-state index contributed by atoms with van der Waals surface area (Å²) >= 11 is 0. The predicted octanol–water partition coefficient (Wildman–Crippen LogP) is 3.94. The van der Waals surface area contributed by atoms with E-state index in [-0.39, 0.29) is 0 Å². The topological polar surface area (TPSA) is 38.7 Å². The molecule has 1 aromatic heterocycles. The second-order valence-corrected chi connectivity index (χ2v) is 4.13. The number of hydrogen-bond donors (Lipinski definition) is 0. The average molecular weight is 261 g/mol. The van der Waals surface area contributed by atoms with E-state index < -0.39 is 0 Å². The standard InChI is InChI=1S/C17H15N3/c1-5-12(3)15-18-16(13(4)6-2)20-17(19-15)14-10-8-7-9-11-14/h5-11H,1-4H2. The molecule has 2 rings (SSSR count). The fraction of sp³-hybridized carbons (Fsp3) is 0. The molecular formula is C17H15N3. The van der Waals surface area contributed by atoms with Crippen LogP contribution in [0.2, 0.25) is 0 Å². The van der Waals surface area contributed by atoms with E-state index in [0.717, 1.165) is 5.56 Å². The van der Waals surface area contributed by atoms with Gasteiger partial charge in [-0.15, -0.1) is 0 Å². The van der Waals surface area contributed by atoms with Gasteiger partial charge in [0.1, 0.15) is 0 Å². The van der Waals surface area contributed by atoms with Crippen LogP contribution >= 0.6 is 0 Å². The highest BCUT2D eigenvalue weighted by Gasteiger charge is 2.10. The maximum Gasteiger partial charge on any atom is 0.164 e. The summed E-state index contributed by atoms with van der Waals surface area (Å²) in [5.41, 5.74) is 2.19. The Labute approximate surface area is 118 Å². The summed E-state index contributed by atoms with van der Waals surface area (Å²) in [4.78, 5) is 13.2. The number of rotatable bonds is 5. The predicted molar refractivity (Wildman–Crippen MR) is 83.7 cm³/mol. The van der Waals surface area contributed by atoms with Gasteiger partial charge in [0.15, 0.2) is 17.5 Å². The molecule has 0 aliphatic heterocycles. The lowest BCUT2D eigenvalue weighted by Crippen LogP contribution is -2.03. The minimum atomic E-state index is 0.492. The van der Waals surface area contributed by atoms with Gasteiger partial charge in [-0.1, -0.05) is 68.8 Å². The number of nitrogens with zero attached hydrogens (tertiary/aromatic N) is 3. The van der Waals surface area contributed by atoms with Crippen molar-refractivity contribution in [2.45, 2.75) is 0 Å². The summed E-state index contributed by atoms with van der Waals surface area (Å²) in [5.74, 6) is 1.57. The quantitative estimate of drug-likeness (QED) is 0.765. The van der Waals surface area contributed by atoms with Gasteiger partial charge in [0.2, 0.25) is 0 Å². The first-order chi connectivity index (χ1) is 9.65. The molecule has 0 saturated carbocycles. The van der Waals surface area contributed by atoms with Crippen molar-refractivity contribution in [1.82, 2.24) is 15.0 Å². The van der Waals surface area contributed by atoms with Crippen LogP contribution in [0.1, 0.15) is 11.6 Å². The van der Waals surface area contributed by atoms with Crippen molar-refractivity contribution in [3.05, 3.63) is 80.4 Å². The smallest absolute Gasteiger partial charge is 0.164 e. The van der Waals surface area contributed by atoms with Gasteiger partial charge in [-0.2, -0.15) is 0 Å². The van der Waals surface area contributed by atoms with E-state index >= 15 is 0 Å². The van der Waals surface area contributed by atoms with E-state index in [0.29, 0.717) is 28.6 Å². The normalized spacial score (nSPS) is 9.80. The van der Waals surface area contributed by atoms with Gasteiger partial charge >= 0.3 is 0 Å². The molecule has 1 aromatic carbocycles.